The molecule has 1 N–H and O–H groups in total. The maximum atomic E-state index is 13.4. The van der Waals surface area contributed by atoms with Crippen LogP contribution in [0.25, 0.3) is 0 Å². The smallest absolute Gasteiger partial charge is 0.205 e. The van der Waals surface area contributed by atoms with Crippen LogP contribution in [0.1, 0.15) is 27.0 Å². The summed E-state index contributed by atoms with van der Waals surface area (Å²) in [6.07, 6.45) is 0. The first-order valence-electron chi connectivity index (χ1n) is 8.45. The summed E-state index contributed by atoms with van der Waals surface area (Å²) in [7, 11) is 0. The van der Waals surface area contributed by atoms with Gasteiger partial charge in [-0.2, -0.15) is 5.10 Å². The molecule has 0 saturated carbocycles. The molecule has 4 heteroatoms. The number of Topliss-reactive ketones (excluding diaryl/α,β-unsaturated/α-hetero) is 1. The maximum Gasteiger partial charge on any atom is 0.205 e. The Balaban J connectivity index is 1.75. The second-order valence-corrected chi connectivity index (χ2v) is 7.44. The summed E-state index contributed by atoms with van der Waals surface area (Å²) < 4.78 is 0. The Bertz CT molecular complexity index is 952. The Morgan fingerprint density at radius 3 is 2.15 bits per heavy atom. The van der Waals surface area contributed by atoms with Gasteiger partial charge in [-0.25, -0.2) is 0 Å². The molecule has 0 spiro atoms. The van der Waals surface area contributed by atoms with Crippen LogP contribution in [0.2, 0.25) is 0 Å². The summed E-state index contributed by atoms with van der Waals surface area (Å²) in [4.78, 5) is 12.5. The van der Waals surface area contributed by atoms with E-state index >= 15 is 0 Å². The van der Waals surface area contributed by atoms with Crippen molar-refractivity contribution in [3.8, 4) is 0 Å². The monoisotopic (exact) mass is 358 g/mol. The van der Waals surface area contributed by atoms with E-state index in [0.717, 1.165) is 16.2 Å². The van der Waals surface area contributed by atoms with E-state index < -0.39 is 4.87 Å². The second-order valence-electron chi connectivity index (χ2n) is 6.24. The molecule has 0 aliphatic carbocycles. The third-order valence-electron chi connectivity index (χ3n) is 4.40. The van der Waals surface area contributed by atoms with E-state index in [9.17, 15) is 4.79 Å². The topological polar surface area (TPSA) is 41.5 Å². The Kier molecular flexibility index (Phi) is 4.35. The minimum Gasteiger partial charge on any atom is -0.290 e. The second kappa shape index (κ2) is 6.81. The largest absolute Gasteiger partial charge is 0.290 e. The number of carbonyl (C=O) groups is 1. The number of aryl methyl sites for hydroxylation is 1. The number of nitrogens with zero attached hydrogens (tertiary/aromatic N) is 1. The highest BCUT2D eigenvalue weighted by Gasteiger charge is 2.46. The van der Waals surface area contributed by atoms with Crippen molar-refractivity contribution in [1.82, 2.24) is 5.43 Å². The molecule has 1 heterocycles. The molecule has 1 aliphatic heterocycles. The molecule has 3 aromatic carbocycles. The van der Waals surface area contributed by atoms with Gasteiger partial charge in [0.25, 0.3) is 0 Å². The van der Waals surface area contributed by atoms with Gasteiger partial charge in [-0.15, -0.1) is 0 Å². The predicted molar refractivity (Wildman–Crippen MR) is 107 cm³/mol. The van der Waals surface area contributed by atoms with Crippen LogP contribution in [0, 0.1) is 6.92 Å². The van der Waals surface area contributed by atoms with E-state index in [0.29, 0.717) is 5.56 Å². The Hall–Kier alpha value is -2.85. The SMILES string of the molecule is Cc1ccc(C2=NN[C@](C(=O)c3ccccc3)(c3ccccc3)S2)cc1. The van der Waals surface area contributed by atoms with Gasteiger partial charge in [0, 0.05) is 11.1 Å². The highest BCUT2D eigenvalue weighted by atomic mass is 32.2. The number of benzene rings is 3. The van der Waals surface area contributed by atoms with Crippen molar-refractivity contribution < 1.29 is 4.79 Å². The molecule has 26 heavy (non-hydrogen) atoms. The quantitative estimate of drug-likeness (QED) is 0.686. The normalized spacial score (nSPS) is 18.9. The fourth-order valence-electron chi connectivity index (χ4n) is 2.96. The number of rotatable bonds is 4. The summed E-state index contributed by atoms with van der Waals surface area (Å²) in [5.41, 5.74) is 6.91. The van der Waals surface area contributed by atoms with E-state index in [4.69, 9.17) is 0 Å². The van der Waals surface area contributed by atoms with Gasteiger partial charge >= 0.3 is 0 Å². The van der Waals surface area contributed by atoms with E-state index in [-0.39, 0.29) is 5.78 Å². The van der Waals surface area contributed by atoms with E-state index in [1.165, 1.54) is 17.3 Å². The molecule has 0 saturated heterocycles. The standard InChI is InChI=1S/C22H18N2OS/c1-16-12-14-18(15-13-16)21-23-24-22(26-21,19-10-6-3-7-11-19)20(25)17-8-4-2-5-9-17/h2-15,24H,1H3/t22-/m1/s1. The van der Waals surface area contributed by atoms with Gasteiger partial charge in [0.05, 0.1) is 0 Å². The number of ketones is 1. The van der Waals surface area contributed by atoms with Crippen LogP contribution in [-0.2, 0) is 4.87 Å². The zero-order chi connectivity index (χ0) is 18.0. The molecule has 0 unspecified atom stereocenters. The average Bonchev–Trinajstić information content (AvgIpc) is 3.16. The number of thioether (sulfide) groups is 1. The molecular weight excluding hydrogens is 340 g/mol. The number of hydrogen-bond donors (Lipinski definition) is 1. The summed E-state index contributed by atoms with van der Waals surface area (Å²) in [5.74, 6) is 0.000150. The molecule has 3 aromatic rings. The molecular formula is C22H18N2OS. The molecule has 0 bridgehead atoms. The van der Waals surface area contributed by atoms with E-state index in [2.05, 4.69) is 29.6 Å². The number of nitrogens with one attached hydrogen (secondary N) is 1. The zero-order valence-corrected chi connectivity index (χ0v) is 15.2. The first-order valence-corrected chi connectivity index (χ1v) is 9.27. The lowest BCUT2D eigenvalue weighted by Gasteiger charge is -2.27. The fourth-order valence-corrected chi connectivity index (χ4v) is 4.15. The Labute approximate surface area is 157 Å². The van der Waals surface area contributed by atoms with Crippen LogP contribution in [0.3, 0.4) is 0 Å². The van der Waals surface area contributed by atoms with Crippen molar-refractivity contribution in [3.63, 3.8) is 0 Å². The van der Waals surface area contributed by atoms with Crippen molar-refractivity contribution in [2.75, 3.05) is 0 Å². The highest BCUT2D eigenvalue weighted by molar-refractivity contribution is 8.16. The van der Waals surface area contributed by atoms with E-state index in [1.54, 1.807) is 0 Å². The van der Waals surface area contributed by atoms with Gasteiger partial charge in [-0.05, 0) is 12.5 Å². The van der Waals surface area contributed by atoms with Gasteiger partial charge in [0.1, 0.15) is 5.04 Å². The predicted octanol–water partition coefficient (Wildman–Crippen LogP) is 4.73. The van der Waals surface area contributed by atoms with Gasteiger partial charge in [-0.3, -0.25) is 10.2 Å². The van der Waals surface area contributed by atoms with Gasteiger partial charge in [-0.1, -0.05) is 102 Å². The summed E-state index contributed by atoms with van der Waals surface area (Å²) in [6, 6.07) is 27.3. The van der Waals surface area contributed by atoms with Crippen LogP contribution >= 0.6 is 11.8 Å². The van der Waals surface area contributed by atoms with E-state index in [1.807, 2.05) is 72.8 Å². The molecule has 128 valence electrons. The number of hydrogen-bond acceptors (Lipinski definition) is 4. The van der Waals surface area contributed by atoms with Crippen molar-refractivity contribution in [1.29, 1.82) is 0 Å². The van der Waals surface area contributed by atoms with Crippen LogP contribution in [-0.4, -0.2) is 10.8 Å². The van der Waals surface area contributed by atoms with Crippen molar-refractivity contribution in [2.24, 2.45) is 5.10 Å². The van der Waals surface area contributed by atoms with Crippen molar-refractivity contribution >= 4 is 22.6 Å². The summed E-state index contributed by atoms with van der Waals surface area (Å²) in [5, 5.41) is 5.34. The number of carbonyl (C=O) groups excluding carboxylic acids is 1. The minimum absolute atomic E-state index is 0.000150. The zero-order valence-electron chi connectivity index (χ0n) is 14.3. The lowest BCUT2D eigenvalue weighted by atomic mass is 9.97. The number of hydrazone groups is 1. The summed E-state index contributed by atoms with van der Waals surface area (Å²) in [6.45, 7) is 2.05. The molecule has 0 radical (unpaired) electrons. The van der Waals surface area contributed by atoms with Crippen LogP contribution in [0.5, 0.6) is 0 Å². The summed E-state index contributed by atoms with van der Waals surface area (Å²) >= 11 is 1.46. The first-order chi connectivity index (χ1) is 12.7. The lowest BCUT2D eigenvalue weighted by Crippen LogP contribution is -2.41. The highest BCUT2D eigenvalue weighted by Crippen LogP contribution is 2.43. The van der Waals surface area contributed by atoms with Crippen LogP contribution in [0.4, 0.5) is 0 Å². The minimum atomic E-state index is -0.956. The molecule has 0 fully saturated rings. The molecule has 3 nitrogen and oxygen atoms in total. The van der Waals surface area contributed by atoms with Crippen LogP contribution < -0.4 is 5.43 Å². The third-order valence-corrected chi connectivity index (χ3v) is 5.74. The van der Waals surface area contributed by atoms with Crippen LogP contribution in [0.15, 0.2) is 90.0 Å². The average molecular weight is 358 g/mol. The molecule has 1 aliphatic rings. The Morgan fingerprint density at radius 1 is 0.885 bits per heavy atom. The first kappa shape index (κ1) is 16.6. The van der Waals surface area contributed by atoms with Gasteiger partial charge < -0.3 is 0 Å². The van der Waals surface area contributed by atoms with Gasteiger partial charge in [0.2, 0.25) is 5.78 Å². The Morgan fingerprint density at radius 2 is 1.50 bits per heavy atom. The molecule has 0 aromatic heterocycles. The maximum absolute atomic E-state index is 13.4. The molecule has 0 amide bonds. The molecule has 4 rings (SSSR count). The van der Waals surface area contributed by atoms with Gasteiger partial charge in [0.15, 0.2) is 4.87 Å². The molecule has 1 atom stereocenters. The lowest BCUT2D eigenvalue weighted by molar-refractivity contribution is 0.0925. The van der Waals surface area contributed by atoms with Crippen molar-refractivity contribution in [3.05, 3.63) is 107 Å². The fraction of sp³-hybridized carbons (Fsp3) is 0.0909. The third kappa shape index (κ3) is 2.93. The van der Waals surface area contributed by atoms with Crippen molar-refractivity contribution in [2.45, 2.75) is 11.8 Å².